The Balaban J connectivity index is 1.78. The average Bonchev–Trinajstić information content (AvgIpc) is 3.07. The standard InChI is InChI=1S/C22H24N2O5S/c1-3-12-29-22(26)20-17-10-4-14(2)13-18(17)30-21(20)23-19(25)11-7-15-5-8-16(9-6-15)24(27)28/h5-9,11,14H,3-4,10,12-13H2,1-2H3,(H,23,25). The maximum absolute atomic E-state index is 12.6. The lowest BCUT2D eigenvalue weighted by Gasteiger charge is -2.18. The fourth-order valence-corrected chi connectivity index (χ4v) is 4.76. The Morgan fingerprint density at radius 1 is 1.33 bits per heavy atom. The minimum Gasteiger partial charge on any atom is -0.462 e. The second kappa shape index (κ2) is 9.67. The number of carbonyl (C=O) groups excluding carboxylic acids is 2. The summed E-state index contributed by atoms with van der Waals surface area (Å²) >= 11 is 1.44. The molecule has 0 saturated carbocycles. The number of nitrogens with one attached hydrogen (secondary N) is 1. The number of carbonyl (C=O) groups is 2. The van der Waals surface area contributed by atoms with Gasteiger partial charge in [0.15, 0.2) is 0 Å². The second-order valence-corrected chi connectivity index (χ2v) is 8.47. The van der Waals surface area contributed by atoms with Crippen molar-refractivity contribution in [1.82, 2.24) is 0 Å². The lowest BCUT2D eigenvalue weighted by atomic mass is 9.88. The first kappa shape index (κ1) is 21.7. The van der Waals surface area contributed by atoms with Crippen molar-refractivity contribution >= 4 is 40.0 Å². The third kappa shape index (κ3) is 5.13. The molecule has 1 aromatic carbocycles. The number of esters is 1. The molecule has 0 bridgehead atoms. The number of ether oxygens (including phenoxy) is 1. The number of non-ortho nitro benzene ring substituents is 1. The summed E-state index contributed by atoms with van der Waals surface area (Å²) in [6.45, 7) is 4.46. The number of benzene rings is 1. The number of nitrogens with zero attached hydrogens (tertiary/aromatic N) is 1. The van der Waals surface area contributed by atoms with Gasteiger partial charge in [0.2, 0.25) is 5.91 Å². The number of amides is 1. The van der Waals surface area contributed by atoms with Crippen LogP contribution in [0, 0.1) is 16.0 Å². The molecule has 0 radical (unpaired) electrons. The van der Waals surface area contributed by atoms with Crippen molar-refractivity contribution in [2.24, 2.45) is 5.92 Å². The lowest BCUT2D eigenvalue weighted by Crippen LogP contribution is -2.16. The molecule has 0 aliphatic heterocycles. The Hall–Kier alpha value is -3.00. The Labute approximate surface area is 178 Å². The first-order valence-corrected chi connectivity index (χ1v) is 10.8. The lowest BCUT2D eigenvalue weighted by molar-refractivity contribution is -0.384. The topological polar surface area (TPSA) is 98.5 Å². The van der Waals surface area contributed by atoms with Crippen LogP contribution in [0.3, 0.4) is 0 Å². The Bertz CT molecular complexity index is 978. The van der Waals surface area contributed by atoms with E-state index in [0.29, 0.717) is 28.7 Å². The van der Waals surface area contributed by atoms with Gasteiger partial charge in [-0.1, -0.05) is 13.8 Å². The highest BCUT2D eigenvalue weighted by Gasteiger charge is 2.29. The molecule has 1 heterocycles. The number of hydrogen-bond acceptors (Lipinski definition) is 6. The monoisotopic (exact) mass is 428 g/mol. The molecule has 3 rings (SSSR count). The summed E-state index contributed by atoms with van der Waals surface area (Å²) in [6, 6.07) is 5.91. The molecule has 2 aromatic rings. The van der Waals surface area contributed by atoms with Gasteiger partial charge in [0.25, 0.3) is 5.69 Å². The normalized spacial score (nSPS) is 15.6. The van der Waals surface area contributed by atoms with Crippen LogP contribution >= 0.6 is 11.3 Å². The summed E-state index contributed by atoms with van der Waals surface area (Å²) in [5, 5.41) is 14.1. The Morgan fingerprint density at radius 2 is 2.07 bits per heavy atom. The number of thiophene rings is 1. The van der Waals surface area contributed by atoms with E-state index in [1.165, 1.54) is 29.5 Å². The van der Waals surface area contributed by atoms with Crippen molar-refractivity contribution in [2.75, 3.05) is 11.9 Å². The first-order chi connectivity index (χ1) is 14.4. The molecule has 1 unspecified atom stereocenters. The van der Waals surface area contributed by atoms with E-state index in [2.05, 4.69) is 12.2 Å². The number of nitro benzene ring substituents is 1. The Kier molecular flexibility index (Phi) is 6.99. The number of nitro groups is 1. The smallest absolute Gasteiger partial charge is 0.341 e. The molecule has 1 amide bonds. The van der Waals surface area contributed by atoms with Crippen molar-refractivity contribution in [2.45, 2.75) is 39.5 Å². The van der Waals surface area contributed by atoms with Crippen LogP contribution in [0.5, 0.6) is 0 Å². The number of anilines is 1. The van der Waals surface area contributed by atoms with Crippen LogP contribution in [0.2, 0.25) is 0 Å². The zero-order valence-corrected chi connectivity index (χ0v) is 17.8. The van der Waals surface area contributed by atoms with E-state index in [1.54, 1.807) is 18.2 Å². The van der Waals surface area contributed by atoms with Crippen LogP contribution in [-0.4, -0.2) is 23.4 Å². The van der Waals surface area contributed by atoms with Crippen LogP contribution in [0.4, 0.5) is 10.7 Å². The molecule has 0 spiro atoms. The largest absolute Gasteiger partial charge is 0.462 e. The van der Waals surface area contributed by atoms with Gasteiger partial charge in [0, 0.05) is 23.1 Å². The van der Waals surface area contributed by atoms with E-state index in [1.807, 2.05) is 6.92 Å². The minimum atomic E-state index is -0.473. The van der Waals surface area contributed by atoms with Gasteiger partial charge in [-0.3, -0.25) is 14.9 Å². The predicted octanol–water partition coefficient (Wildman–Crippen LogP) is 5.00. The first-order valence-electron chi connectivity index (χ1n) is 9.94. The summed E-state index contributed by atoms with van der Waals surface area (Å²) in [4.78, 5) is 36.5. The average molecular weight is 429 g/mol. The number of fused-ring (bicyclic) bond motifs is 1. The molecule has 30 heavy (non-hydrogen) atoms. The fourth-order valence-electron chi connectivity index (χ4n) is 3.35. The van der Waals surface area contributed by atoms with Gasteiger partial charge in [-0.25, -0.2) is 4.79 Å². The summed E-state index contributed by atoms with van der Waals surface area (Å²) in [6.07, 6.45) is 6.36. The van der Waals surface area contributed by atoms with E-state index in [-0.39, 0.29) is 11.6 Å². The maximum atomic E-state index is 12.6. The fraction of sp³-hybridized carbons (Fsp3) is 0.364. The van der Waals surface area contributed by atoms with Gasteiger partial charge in [-0.05, 0) is 60.9 Å². The summed E-state index contributed by atoms with van der Waals surface area (Å²) in [5.41, 5.74) is 2.13. The molecule has 0 fully saturated rings. The molecular weight excluding hydrogens is 404 g/mol. The molecular formula is C22H24N2O5S. The van der Waals surface area contributed by atoms with Crippen molar-refractivity contribution in [3.05, 3.63) is 62.0 Å². The van der Waals surface area contributed by atoms with Crippen LogP contribution in [0.25, 0.3) is 6.08 Å². The van der Waals surface area contributed by atoms with Crippen molar-refractivity contribution < 1.29 is 19.2 Å². The van der Waals surface area contributed by atoms with Gasteiger partial charge in [0.05, 0.1) is 17.1 Å². The Morgan fingerprint density at radius 3 is 2.73 bits per heavy atom. The van der Waals surface area contributed by atoms with Crippen LogP contribution in [0.1, 0.15) is 53.1 Å². The summed E-state index contributed by atoms with van der Waals surface area (Å²) in [5.74, 6) is -0.218. The van der Waals surface area contributed by atoms with Crippen molar-refractivity contribution in [1.29, 1.82) is 0 Å². The van der Waals surface area contributed by atoms with E-state index in [9.17, 15) is 19.7 Å². The highest BCUT2D eigenvalue weighted by atomic mass is 32.1. The van der Waals surface area contributed by atoms with Crippen LogP contribution < -0.4 is 5.32 Å². The molecule has 1 aliphatic rings. The summed E-state index contributed by atoms with van der Waals surface area (Å²) in [7, 11) is 0. The highest BCUT2D eigenvalue weighted by Crippen LogP contribution is 2.40. The molecule has 8 heteroatoms. The van der Waals surface area contributed by atoms with Gasteiger partial charge >= 0.3 is 5.97 Å². The van der Waals surface area contributed by atoms with Gasteiger partial charge in [0.1, 0.15) is 5.00 Å². The van der Waals surface area contributed by atoms with Crippen molar-refractivity contribution in [3.63, 3.8) is 0 Å². The quantitative estimate of drug-likeness (QED) is 0.290. The number of hydrogen-bond donors (Lipinski definition) is 1. The van der Waals surface area contributed by atoms with E-state index >= 15 is 0 Å². The van der Waals surface area contributed by atoms with E-state index in [4.69, 9.17) is 4.74 Å². The van der Waals surface area contributed by atoms with Gasteiger partial charge in [-0.2, -0.15) is 0 Å². The number of rotatable bonds is 7. The van der Waals surface area contributed by atoms with Crippen molar-refractivity contribution in [3.8, 4) is 0 Å². The second-order valence-electron chi connectivity index (χ2n) is 7.36. The molecule has 158 valence electrons. The molecule has 1 aliphatic carbocycles. The zero-order valence-electron chi connectivity index (χ0n) is 17.0. The van der Waals surface area contributed by atoms with E-state index in [0.717, 1.165) is 36.1 Å². The zero-order chi connectivity index (χ0) is 21.7. The van der Waals surface area contributed by atoms with E-state index < -0.39 is 10.9 Å². The molecule has 7 nitrogen and oxygen atoms in total. The van der Waals surface area contributed by atoms with Gasteiger partial charge < -0.3 is 10.1 Å². The maximum Gasteiger partial charge on any atom is 0.341 e. The molecule has 1 N–H and O–H groups in total. The SMILES string of the molecule is CCCOC(=O)c1c(NC(=O)C=Cc2ccc([N+](=O)[O-])cc2)sc2c1CCC(C)C2. The molecule has 1 atom stereocenters. The third-order valence-corrected chi connectivity index (χ3v) is 6.09. The molecule has 0 saturated heterocycles. The highest BCUT2D eigenvalue weighted by molar-refractivity contribution is 7.17. The van der Waals surface area contributed by atoms with Gasteiger partial charge in [-0.15, -0.1) is 11.3 Å². The third-order valence-electron chi connectivity index (χ3n) is 4.92. The molecule has 1 aromatic heterocycles. The minimum absolute atomic E-state index is 0.00905. The van der Waals surface area contributed by atoms with Crippen LogP contribution in [0.15, 0.2) is 30.3 Å². The summed E-state index contributed by atoms with van der Waals surface area (Å²) < 4.78 is 5.35. The predicted molar refractivity (Wildman–Crippen MR) is 117 cm³/mol. The van der Waals surface area contributed by atoms with Crippen LogP contribution in [-0.2, 0) is 22.4 Å².